The maximum absolute atomic E-state index is 13.3. The smallest absolute Gasteiger partial charge is 0.255 e. The largest absolute Gasteiger partial charge is 0.370 e. The maximum Gasteiger partial charge on any atom is 0.255 e. The second-order valence-corrected chi connectivity index (χ2v) is 7.02. The fourth-order valence-corrected chi connectivity index (χ4v) is 3.55. The Kier molecular flexibility index (Phi) is 5.67. The first-order valence-electron chi connectivity index (χ1n) is 9.80. The first-order chi connectivity index (χ1) is 14.2. The van der Waals surface area contributed by atoms with Crippen LogP contribution < -0.4 is 10.5 Å². The highest BCUT2D eigenvalue weighted by atomic mass is 19.1. The maximum atomic E-state index is 13.3. The molecule has 3 heterocycles. The fraction of sp³-hybridized carbons (Fsp3) is 0.318. The number of ether oxygens (including phenoxy) is 1. The minimum atomic E-state index is -0.273. The normalized spacial score (nSPS) is 16.8. The van der Waals surface area contributed by atoms with Crippen molar-refractivity contribution in [2.45, 2.75) is 26.0 Å². The average molecular weight is 394 g/mol. The van der Waals surface area contributed by atoms with Crippen LogP contribution in [-0.2, 0) is 11.3 Å². The number of hydrogen-bond donors (Lipinski definition) is 0. The molecule has 6 nitrogen and oxygen atoms in total. The molecule has 1 aromatic carbocycles. The molecule has 4 rings (SSSR count). The lowest BCUT2D eigenvalue weighted by molar-refractivity contribution is 0.0388. The van der Waals surface area contributed by atoms with E-state index in [4.69, 9.17) is 9.72 Å². The molecule has 0 spiro atoms. The number of anilines is 1. The van der Waals surface area contributed by atoms with E-state index >= 15 is 0 Å². The molecule has 2 aromatic heterocycles. The molecule has 0 radical (unpaired) electrons. The van der Waals surface area contributed by atoms with Crippen LogP contribution in [0.4, 0.5) is 10.3 Å². The highest BCUT2D eigenvalue weighted by Gasteiger charge is 2.25. The van der Waals surface area contributed by atoms with E-state index in [-0.39, 0.29) is 17.5 Å². The molecule has 3 aromatic rings. The van der Waals surface area contributed by atoms with Crippen molar-refractivity contribution in [1.82, 2.24) is 14.5 Å². The van der Waals surface area contributed by atoms with E-state index in [1.54, 1.807) is 35.2 Å². The van der Waals surface area contributed by atoms with Crippen molar-refractivity contribution in [2.24, 2.45) is 0 Å². The van der Waals surface area contributed by atoms with Crippen molar-refractivity contribution in [2.75, 3.05) is 24.6 Å². The van der Waals surface area contributed by atoms with Gasteiger partial charge in [0.2, 0.25) is 5.95 Å². The Labute approximate surface area is 168 Å². The summed E-state index contributed by atoms with van der Waals surface area (Å²) in [6.07, 6.45) is 4.00. The van der Waals surface area contributed by atoms with E-state index in [9.17, 15) is 9.18 Å². The van der Waals surface area contributed by atoms with Gasteiger partial charge in [-0.1, -0.05) is 19.1 Å². The number of aromatic nitrogens is 3. The molecule has 0 bridgehead atoms. The molecule has 0 aliphatic carbocycles. The summed E-state index contributed by atoms with van der Waals surface area (Å²) in [4.78, 5) is 23.8. The minimum absolute atomic E-state index is 0.0755. The van der Waals surface area contributed by atoms with Gasteiger partial charge in [-0.15, -0.1) is 0 Å². The molecule has 1 fully saturated rings. The SMILES string of the molecule is CCCn1c(N2CCO[C@@H](c3ccc(F)cc3)C2)nc(-c2ccncc2)cc1=O. The Hall–Kier alpha value is -3.06. The molecular formula is C22H23FN4O2. The third-order valence-electron chi connectivity index (χ3n) is 5.00. The van der Waals surface area contributed by atoms with Crippen LogP contribution in [0.2, 0.25) is 0 Å². The van der Waals surface area contributed by atoms with Gasteiger partial charge < -0.3 is 9.64 Å². The lowest BCUT2D eigenvalue weighted by atomic mass is 10.1. The van der Waals surface area contributed by atoms with E-state index in [1.807, 2.05) is 19.1 Å². The van der Waals surface area contributed by atoms with Crippen molar-refractivity contribution < 1.29 is 9.13 Å². The first-order valence-corrected chi connectivity index (χ1v) is 9.80. The van der Waals surface area contributed by atoms with Crippen LogP contribution in [0.25, 0.3) is 11.3 Å². The molecule has 1 aliphatic heterocycles. The Bertz CT molecular complexity index is 1020. The summed E-state index contributed by atoms with van der Waals surface area (Å²) in [5.74, 6) is 0.367. The van der Waals surface area contributed by atoms with Crippen LogP contribution in [0.15, 0.2) is 59.7 Å². The molecule has 7 heteroatoms. The van der Waals surface area contributed by atoms with Crippen molar-refractivity contribution >= 4 is 5.95 Å². The van der Waals surface area contributed by atoms with Gasteiger partial charge in [0, 0.05) is 37.1 Å². The van der Waals surface area contributed by atoms with Crippen molar-refractivity contribution in [3.63, 3.8) is 0 Å². The standard InChI is InChI=1S/C22H23FN4O2/c1-2-11-27-21(28)14-19(16-7-9-24-10-8-16)25-22(27)26-12-13-29-20(15-26)17-3-5-18(23)6-4-17/h3-10,14,20H,2,11-13,15H2,1H3/t20-/m1/s1. The number of hydrogen-bond acceptors (Lipinski definition) is 5. The zero-order valence-electron chi connectivity index (χ0n) is 16.3. The number of halogens is 1. The molecule has 29 heavy (non-hydrogen) atoms. The van der Waals surface area contributed by atoms with Crippen LogP contribution in [-0.4, -0.2) is 34.2 Å². The van der Waals surface area contributed by atoms with Crippen LogP contribution in [0.5, 0.6) is 0 Å². The fourth-order valence-electron chi connectivity index (χ4n) is 3.55. The highest BCUT2D eigenvalue weighted by Crippen LogP contribution is 2.26. The molecule has 150 valence electrons. The molecule has 0 saturated carbocycles. The minimum Gasteiger partial charge on any atom is -0.370 e. The molecule has 0 amide bonds. The van der Waals surface area contributed by atoms with Gasteiger partial charge in [0.25, 0.3) is 5.56 Å². The Morgan fingerprint density at radius 1 is 1.17 bits per heavy atom. The quantitative estimate of drug-likeness (QED) is 0.664. The summed E-state index contributed by atoms with van der Waals surface area (Å²) in [5.41, 5.74) is 2.31. The van der Waals surface area contributed by atoms with Gasteiger partial charge in [0.1, 0.15) is 11.9 Å². The molecule has 1 saturated heterocycles. The third kappa shape index (κ3) is 4.19. The molecular weight excluding hydrogens is 371 g/mol. The van der Waals surface area contributed by atoms with Crippen LogP contribution in [0.3, 0.4) is 0 Å². The zero-order chi connectivity index (χ0) is 20.2. The molecule has 0 unspecified atom stereocenters. The predicted molar refractivity (Wildman–Crippen MR) is 109 cm³/mol. The summed E-state index contributed by atoms with van der Waals surface area (Å²) in [5, 5.41) is 0. The zero-order valence-corrected chi connectivity index (χ0v) is 16.3. The topological polar surface area (TPSA) is 60.2 Å². The van der Waals surface area contributed by atoms with Gasteiger partial charge in [-0.05, 0) is 36.2 Å². The molecule has 0 N–H and O–H groups in total. The summed E-state index contributed by atoms with van der Waals surface area (Å²) in [7, 11) is 0. The number of pyridine rings is 1. The Morgan fingerprint density at radius 3 is 2.66 bits per heavy atom. The summed E-state index contributed by atoms with van der Waals surface area (Å²) in [6.45, 7) is 4.31. The van der Waals surface area contributed by atoms with Crippen LogP contribution in [0.1, 0.15) is 25.0 Å². The second kappa shape index (κ2) is 8.53. The number of benzene rings is 1. The predicted octanol–water partition coefficient (Wildman–Crippen LogP) is 3.43. The monoisotopic (exact) mass is 394 g/mol. The van der Waals surface area contributed by atoms with Crippen LogP contribution >= 0.6 is 0 Å². The lowest BCUT2D eigenvalue weighted by Crippen LogP contribution is -2.42. The van der Waals surface area contributed by atoms with Gasteiger partial charge in [0.15, 0.2) is 0 Å². The van der Waals surface area contributed by atoms with Gasteiger partial charge in [-0.25, -0.2) is 9.37 Å². The first kappa shape index (κ1) is 19.3. The van der Waals surface area contributed by atoms with Crippen molar-refractivity contribution in [1.29, 1.82) is 0 Å². The van der Waals surface area contributed by atoms with E-state index in [2.05, 4.69) is 9.88 Å². The number of morpholine rings is 1. The van der Waals surface area contributed by atoms with E-state index in [1.165, 1.54) is 12.1 Å². The third-order valence-corrected chi connectivity index (χ3v) is 5.00. The van der Waals surface area contributed by atoms with Gasteiger partial charge >= 0.3 is 0 Å². The number of nitrogens with zero attached hydrogens (tertiary/aromatic N) is 4. The van der Waals surface area contributed by atoms with E-state index < -0.39 is 0 Å². The lowest BCUT2D eigenvalue weighted by Gasteiger charge is -2.35. The number of rotatable bonds is 5. The molecule has 1 aliphatic rings. The van der Waals surface area contributed by atoms with Gasteiger partial charge in [-0.3, -0.25) is 14.3 Å². The summed E-state index contributed by atoms with van der Waals surface area (Å²) >= 11 is 0. The van der Waals surface area contributed by atoms with E-state index in [0.717, 1.165) is 17.5 Å². The summed E-state index contributed by atoms with van der Waals surface area (Å²) in [6, 6.07) is 11.6. The Morgan fingerprint density at radius 2 is 1.93 bits per heavy atom. The summed E-state index contributed by atoms with van der Waals surface area (Å²) < 4.78 is 20.9. The van der Waals surface area contributed by atoms with Gasteiger partial charge in [-0.2, -0.15) is 0 Å². The van der Waals surface area contributed by atoms with Gasteiger partial charge in [0.05, 0.1) is 18.8 Å². The van der Waals surface area contributed by atoms with E-state index in [0.29, 0.717) is 37.9 Å². The highest BCUT2D eigenvalue weighted by molar-refractivity contribution is 5.59. The van der Waals surface area contributed by atoms with Crippen molar-refractivity contribution in [3.8, 4) is 11.3 Å². The van der Waals surface area contributed by atoms with Crippen LogP contribution in [0, 0.1) is 5.82 Å². The Balaban J connectivity index is 1.71. The van der Waals surface area contributed by atoms with Crippen molar-refractivity contribution in [3.05, 3.63) is 76.6 Å². The molecule has 1 atom stereocenters. The average Bonchev–Trinajstić information content (AvgIpc) is 2.76. The second-order valence-electron chi connectivity index (χ2n) is 7.02.